The SMILES string of the molecule is COc1ccc(C(O[C@H]2C[C@H](n3cc(C)c(=O)[nH]c3=O)O[C@@H]2COP(F)(F)=S)(c2ccccc2)c2ccc(OC)cc2)cc1. The summed E-state index contributed by atoms with van der Waals surface area (Å²) in [7, 11) is 3.14. The highest BCUT2D eigenvalue weighted by atomic mass is 32.5. The molecule has 1 aromatic heterocycles. The van der Waals surface area contributed by atoms with Crippen LogP contribution in [-0.2, 0) is 31.4 Å². The maximum atomic E-state index is 13.8. The van der Waals surface area contributed by atoms with Gasteiger partial charge in [0, 0.05) is 30.0 Å². The van der Waals surface area contributed by atoms with E-state index in [1.54, 1.807) is 45.4 Å². The number of nitrogens with zero attached hydrogens (tertiary/aromatic N) is 1. The third-order valence-electron chi connectivity index (χ3n) is 7.53. The third-order valence-corrected chi connectivity index (χ3v) is 8.29. The van der Waals surface area contributed by atoms with Gasteiger partial charge in [0.05, 0.1) is 26.9 Å². The van der Waals surface area contributed by atoms with Crippen molar-refractivity contribution in [3.63, 3.8) is 0 Å². The molecule has 4 aromatic rings. The topological polar surface area (TPSA) is 101 Å². The molecule has 0 aliphatic carbocycles. The van der Waals surface area contributed by atoms with E-state index in [-0.39, 0.29) is 12.0 Å². The van der Waals surface area contributed by atoms with Crippen LogP contribution in [0.3, 0.4) is 0 Å². The second-order valence-electron chi connectivity index (χ2n) is 10.2. The number of aryl methyl sites for hydroxylation is 1. The van der Waals surface area contributed by atoms with Crippen LogP contribution in [0.15, 0.2) is 94.6 Å². The first kappa shape index (κ1) is 31.7. The first-order chi connectivity index (χ1) is 21.0. The Labute approximate surface area is 257 Å². The van der Waals surface area contributed by atoms with Crippen LogP contribution >= 0.6 is 6.89 Å². The molecule has 1 aliphatic heterocycles. The fourth-order valence-electron chi connectivity index (χ4n) is 5.36. The molecule has 13 heteroatoms. The minimum atomic E-state index is -5.05. The molecule has 44 heavy (non-hydrogen) atoms. The Hall–Kier alpha value is -3.67. The highest BCUT2D eigenvalue weighted by molar-refractivity contribution is 8.07. The van der Waals surface area contributed by atoms with Crippen molar-refractivity contribution in [1.82, 2.24) is 9.55 Å². The maximum Gasteiger partial charge on any atom is 0.403 e. The fourth-order valence-corrected chi connectivity index (χ4v) is 5.86. The Balaban J connectivity index is 1.67. The van der Waals surface area contributed by atoms with Gasteiger partial charge in [0.2, 0.25) is 0 Å². The molecule has 3 aromatic carbocycles. The van der Waals surface area contributed by atoms with E-state index in [9.17, 15) is 18.0 Å². The molecule has 1 aliphatic rings. The molecule has 3 atom stereocenters. The number of aromatic amines is 1. The second-order valence-corrected chi connectivity index (χ2v) is 12.6. The van der Waals surface area contributed by atoms with Gasteiger partial charge in [0.15, 0.2) is 0 Å². The minimum Gasteiger partial charge on any atom is -0.497 e. The molecular formula is C31H31F2N2O7PS. The zero-order valence-electron chi connectivity index (χ0n) is 24.1. The Morgan fingerprint density at radius 1 is 0.932 bits per heavy atom. The highest BCUT2D eigenvalue weighted by Gasteiger charge is 2.47. The lowest BCUT2D eigenvalue weighted by Crippen LogP contribution is -2.41. The van der Waals surface area contributed by atoms with Crippen molar-refractivity contribution < 1.29 is 31.9 Å². The summed E-state index contributed by atoms with van der Waals surface area (Å²) in [5.41, 5.74) is -0.0634. The second kappa shape index (κ2) is 13.1. The number of aromatic nitrogens is 2. The summed E-state index contributed by atoms with van der Waals surface area (Å²) in [6, 6.07) is 24.1. The zero-order chi connectivity index (χ0) is 31.5. The van der Waals surface area contributed by atoms with Gasteiger partial charge in [0.25, 0.3) is 5.56 Å². The molecule has 1 N–H and O–H groups in total. The van der Waals surface area contributed by atoms with Crippen molar-refractivity contribution in [3.8, 4) is 11.5 Å². The summed E-state index contributed by atoms with van der Waals surface area (Å²) in [4.78, 5) is 27.1. The van der Waals surface area contributed by atoms with Gasteiger partial charge in [-0.25, -0.2) is 4.79 Å². The molecular weight excluding hydrogens is 613 g/mol. The summed E-state index contributed by atoms with van der Waals surface area (Å²) in [6.07, 6.45) is -1.44. The summed E-state index contributed by atoms with van der Waals surface area (Å²) < 4.78 is 57.8. The normalized spacial score (nSPS) is 18.7. The number of ether oxygens (including phenoxy) is 4. The van der Waals surface area contributed by atoms with E-state index in [1.165, 1.54) is 10.8 Å². The van der Waals surface area contributed by atoms with Gasteiger partial charge in [0.1, 0.15) is 29.4 Å². The van der Waals surface area contributed by atoms with Crippen LogP contribution in [0.2, 0.25) is 0 Å². The van der Waals surface area contributed by atoms with Crippen molar-refractivity contribution in [1.29, 1.82) is 0 Å². The van der Waals surface area contributed by atoms with Crippen molar-refractivity contribution in [2.45, 2.75) is 37.4 Å². The Kier molecular flexibility index (Phi) is 9.48. The van der Waals surface area contributed by atoms with E-state index >= 15 is 0 Å². The van der Waals surface area contributed by atoms with Crippen molar-refractivity contribution >= 4 is 18.7 Å². The number of rotatable bonds is 11. The number of benzene rings is 3. The monoisotopic (exact) mass is 644 g/mol. The van der Waals surface area contributed by atoms with Gasteiger partial charge >= 0.3 is 12.6 Å². The number of hydrogen-bond acceptors (Lipinski definition) is 8. The Morgan fingerprint density at radius 3 is 2.00 bits per heavy atom. The number of nitrogens with one attached hydrogen (secondary N) is 1. The smallest absolute Gasteiger partial charge is 0.403 e. The lowest BCUT2D eigenvalue weighted by atomic mass is 9.79. The van der Waals surface area contributed by atoms with E-state index in [4.69, 9.17) is 23.5 Å². The van der Waals surface area contributed by atoms with Crippen LogP contribution in [0, 0.1) is 6.92 Å². The van der Waals surface area contributed by atoms with E-state index in [0.717, 1.165) is 16.7 Å². The molecule has 0 unspecified atom stereocenters. The third kappa shape index (κ3) is 6.69. The predicted octanol–water partition coefficient (Wildman–Crippen LogP) is 5.71. The van der Waals surface area contributed by atoms with Crippen LogP contribution in [0.5, 0.6) is 11.5 Å². The highest BCUT2D eigenvalue weighted by Crippen LogP contribution is 2.52. The van der Waals surface area contributed by atoms with Crippen molar-refractivity contribution in [3.05, 3.63) is 128 Å². The number of methoxy groups -OCH3 is 2. The molecule has 0 spiro atoms. The van der Waals surface area contributed by atoms with Gasteiger partial charge in [-0.2, -0.15) is 8.39 Å². The largest absolute Gasteiger partial charge is 0.497 e. The van der Waals surface area contributed by atoms with Crippen LogP contribution in [-0.4, -0.2) is 42.6 Å². The lowest BCUT2D eigenvalue weighted by molar-refractivity contribution is -0.0966. The number of hydrogen-bond donors (Lipinski definition) is 1. The molecule has 2 heterocycles. The Morgan fingerprint density at radius 2 is 1.48 bits per heavy atom. The number of halogens is 2. The molecule has 1 fully saturated rings. The van der Waals surface area contributed by atoms with Gasteiger partial charge < -0.3 is 18.9 Å². The quantitative estimate of drug-likeness (QED) is 0.164. The summed E-state index contributed by atoms with van der Waals surface area (Å²) in [5, 5.41) is 0. The summed E-state index contributed by atoms with van der Waals surface area (Å²) in [6.45, 7) is -4.07. The molecule has 5 rings (SSSR count). The van der Waals surface area contributed by atoms with Crippen LogP contribution in [0.25, 0.3) is 0 Å². The predicted molar refractivity (Wildman–Crippen MR) is 164 cm³/mol. The molecule has 1 saturated heterocycles. The van der Waals surface area contributed by atoms with Crippen molar-refractivity contribution in [2.75, 3.05) is 20.8 Å². The van der Waals surface area contributed by atoms with Crippen LogP contribution in [0.4, 0.5) is 8.39 Å². The molecule has 232 valence electrons. The average molecular weight is 645 g/mol. The molecule has 0 saturated carbocycles. The van der Waals surface area contributed by atoms with Crippen molar-refractivity contribution in [2.24, 2.45) is 0 Å². The zero-order valence-corrected chi connectivity index (χ0v) is 25.9. The lowest BCUT2D eigenvalue weighted by Gasteiger charge is -2.39. The first-order valence-electron chi connectivity index (χ1n) is 13.7. The molecule has 0 radical (unpaired) electrons. The van der Waals surface area contributed by atoms with E-state index in [1.807, 2.05) is 54.6 Å². The standard InChI is InChI=1S/C31H31F2N2O7PS/c1-20-18-35(30(37)34-29(20)36)28-17-26(27(41-28)19-40-43(32,33)44)42-31(21-7-5-4-6-8-21,22-9-13-24(38-2)14-10-22)23-11-15-25(39-3)16-12-23/h4-16,18,26-28H,17,19H2,1-3H3,(H,34,36,37)/t26-,27+,28+/m0/s1. The van der Waals surface area contributed by atoms with E-state index in [2.05, 4.69) is 16.8 Å². The van der Waals surface area contributed by atoms with Gasteiger partial charge in [-0.1, -0.05) is 54.6 Å². The number of H-pyrrole nitrogens is 1. The fraction of sp³-hybridized carbons (Fsp3) is 0.290. The average Bonchev–Trinajstić information content (AvgIpc) is 3.43. The summed E-state index contributed by atoms with van der Waals surface area (Å²) in [5.74, 6) is 1.26. The minimum absolute atomic E-state index is 0.0712. The molecule has 9 nitrogen and oxygen atoms in total. The van der Waals surface area contributed by atoms with Gasteiger partial charge in [-0.15, -0.1) is 0 Å². The van der Waals surface area contributed by atoms with E-state index < -0.39 is 48.8 Å². The summed E-state index contributed by atoms with van der Waals surface area (Å²) >= 11 is 4.26. The van der Waals surface area contributed by atoms with Gasteiger partial charge in [-0.3, -0.25) is 18.9 Å². The van der Waals surface area contributed by atoms with Crippen LogP contribution in [0.1, 0.15) is 34.9 Å². The van der Waals surface area contributed by atoms with E-state index in [0.29, 0.717) is 11.5 Å². The molecule has 0 amide bonds. The molecule has 0 bridgehead atoms. The maximum absolute atomic E-state index is 13.8. The Bertz CT molecular complexity index is 1700. The van der Waals surface area contributed by atoms with Crippen LogP contribution < -0.4 is 20.7 Å². The van der Waals surface area contributed by atoms with Gasteiger partial charge in [-0.05, 0) is 47.9 Å². The first-order valence-corrected chi connectivity index (χ1v) is 16.2.